The van der Waals surface area contributed by atoms with Gasteiger partial charge in [-0.25, -0.2) is 0 Å². The van der Waals surface area contributed by atoms with Crippen LogP contribution in [0.2, 0.25) is 0 Å². The number of hydrogen-bond acceptors (Lipinski definition) is 5. The first-order chi connectivity index (χ1) is 13.0. The molecule has 1 aliphatic heterocycles. The second-order valence-corrected chi connectivity index (χ2v) is 6.73. The monoisotopic (exact) mass is 434 g/mol. The molecule has 2 amide bonds. The van der Waals surface area contributed by atoms with Crippen LogP contribution in [0.4, 0.5) is 11.4 Å². The van der Waals surface area contributed by atoms with Crippen molar-refractivity contribution < 1.29 is 23.8 Å². The Hall–Kier alpha value is -2.58. The van der Waals surface area contributed by atoms with Crippen molar-refractivity contribution in [1.29, 1.82) is 0 Å². The second kappa shape index (κ2) is 8.88. The van der Waals surface area contributed by atoms with Gasteiger partial charge in [0.1, 0.15) is 19.8 Å². The summed E-state index contributed by atoms with van der Waals surface area (Å²) in [6, 6.07) is 10.5. The SMILES string of the molecule is COCC(=O)Nc1ccc(NC(=O)Cc2cc3c(cc2Br)OCCO3)cc1. The number of nitrogens with one attached hydrogen (secondary N) is 2. The van der Waals surface area contributed by atoms with Crippen molar-refractivity contribution in [2.75, 3.05) is 37.6 Å². The van der Waals surface area contributed by atoms with Crippen LogP contribution in [-0.4, -0.2) is 38.7 Å². The highest BCUT2D eigenvalue weighted by atomic mass is 79.9. The summed E-state index contributed by atoms with van der Waals surface area (Å²) in [7, 11) is 1.46. The fourth-order valence-electron chi connectivity index (χ4n) is 2.58. The van der Waals surface area contributed by atoms with Crippen LogP contribution < -0.4 is 20.1 Å². The predicted molar refractivity (Wildman–Crippen MR) is 104 cm³/mol. The molecule has 2 aromatic carbocycles. The number of methoxy groups -OCH3 is 1. The molecule has 0 unspecified atom stereocenters. The summed E-state index contributed by atoms with van der Waals surface area (Å²) < 4.78 is 16.6. The molecule has 142 valence electrons. The lowest BCUT2D eigenvalue weighted by atomic mass is 10.1. The minimum Gasteiger partial charge on any atom is -0.486 e. The van der Waals surface area contributed by atoms with Crippen molar-refractivity contribution in [3.8, 4) is 11.5 Å². The van der Waals surface area contributed by atoms with Crippen LogP contribution in [0.3, 0.4) is 0 Å². The number of benzene rings is 2. The number of ether oxygens (including phenoxy) is 3. The zero-order valence-electron chi connectivity index (χ0n) is 14.7. The maximum Gasteiger partial charge on any atom is 0.250 e. The van der Waals surface area contributed by atoms with Crippen LogP contribution in [0.25, 0.3) is 0 Å². The average molecular weight is 435 g/mol. The Balaban J connectivity index is 1.60. The molecular formula is C19H19BrN2O5. The lowest BCUT2D eigenvalue weighted by Crippen LogP contribution is -2.18. The third-order valence-corrected chi connectivity index (χ3v) is 4.53. The highest BCUT2D eigenvalue weighted by molar-refractivity contribution is 9.10. The topological polar surface area (TPSA) is 85.9 Å². The van der Waals surface area contributed by atoms with E-state index >= 15 is 0 Å². The van der Waals surface area contributed by atoms with Crippen LogP contribution in [-0.2, 0) is 20.7 Å². The van der Waals surface area contributed by atoms with Gasteiger partial charge in [0.15, 0.2) is 11.5 Å². The molecule has 0 saturated carbocycles. The molecule has 0 aromatic heterocycles. The summed E-state index contributed by atoms with van der Waals surface area (Å²) in [5.74, 6) is 0.910. The van der Waals surface area contributed by atoms with E-state index in [1.54, 1.807) is 24.3 Å². The largest absolute Gasteiger partial charge is 0.486 e. The van der Waals surface area contributed by atoms with Crippen LogP contribution in [0, 0.1) is 0 Å². The van der Waals surface area contributed by atoms with Gasteiger partial charge in [0.2, 0.25) is 11.8 Å². The Morgan fingerprint density at radius 3 is 2.15 bits per heavy atom. The Morgan fingerprint density at radius 2 is 1.56 bits per heavy atom. The van der Waals surface area contributed by atoms with Crippen molar-refractivity contribution >= 4 is 39.1 Å². The third kappa shape index (κ3) is 5.21. The molecule has 0 fully saturated rings. The quantitative estimate of drug-likeness (QED) is 0.729. The number of carbonyl (C=O) groups excluding carboxylic acids is 2. The van der Waals surface area contributed by atoms with Crippen molar-refractivity contribution in [2.45, 2.75) is 6.42 Å². The van der Waals surface area contributed by atoms with E-state index in [4.69, 9.17) is 14.2 Å². The highest BCUT2D eigenvalue weighted by Crippen LogP contribution is 2.35. The predicted octanol–water partition coefficient (Wildman–Crippen LogP) is 2.99. The number of halogens is 1. The van der Waals surface area contributed by atoms with Crippen molar-refractivity contribution in [3.63, 3.8) is 0 Å². The molecule has 0 aliphatic carbocycles. The van der Waals surface area contributed by atoms with E-state index in [1.165, 1.54) is 7.11 Å². The smallest absolute Gasteiger partial charge is 0.250 e. The molecule has 3 rings (SSSR count). The van der Waals surface area contributed by atoms with Gasteiger partial charge >= 0.3 is 0 Å². The van der Waals surface area contributed by atoms with E-state index in [2.05, 4.69) is 26.6 Å². The van der Waals surface area contributed by atoms with Crippen LogP contribution in [0.5, 0.6) is 11.5 Å². The molecule has 0 radical (unpaired) electrons. The zero-order valence-corrected chi connectivity index (χ0v) is 16.3. The summed E-state index contributed by atoms with van der Waals surface area (Å²) in [5, 5.41) is 5.53. The number of anilines is 2. The molecular weight excluding hydrogens is 416 g/mol. The average Bonchev–Trinajstić information content (AvgIpc) is 2.64. The maximum atomic E-state index is 12.4. The van der Waals surface area contributed by atoms with E-state index in [0.29, 0.717) is 36.1 Å². The number of carbonyl (C=O) groups is 2. The van der Waals surface area contributed by atoms with Gasteiger partial charge in [0, 0.05) is 23.0 Å². The normalized spacial score (nSPS) is 12.4. The lowest BCUT2D eigenvalue weighted by molar-refractivity contribution is -0.119. The minimum absolute atomic E-state index is 0.0110. The van der Waals surface area contributed by atoms with Crippen molar-refractivity contribution in [3.05, 3.63) is 46.4 Å². The fraction of sp³-hybridized carbons (Fsp3) is 0.263. The molecule has 8 heteroatoms. The van der Waals surface area contributed by atoms with Gasteiger partial charge in [0.05, 0.1) is 6.42 Å². The second-order valence-electron chi connectivity index (χ2n) is 5.87. The standard InChI is InChI=1S/C19H19BrN2O5/c1-25-11-19(24)22-14-4-2-13(3-5-14)21-18(23)9-12-8-16-17(10-15(12)20)27-7-6-26-16/h2-5,8,10H,6-7,9,11H2,1H3,(H,21,23)(H,22,24). The Morgan fingerprint density at radius 1 is 1.00 bits per heavy atom. The summed E-state index contributed by atoms with van der Waals surface area (Å²) in [5.41, 5.74) is 2.07. The van der Waals surface area contributed by atoms with Crippen LogP contribution in [0.15, 0.2) is 40.9 Å². The first kappa shape index (κ1) is 19.2. The zero-order chi connectivity index (χ0) is 19.2. The van der Waals surface area contributed by atoms with E-state index in [-0.39, 0.29) is 24.8 Å². The molecule has 27 heavy (non-hydrogen) atoms. The van der Waals surface area contributed by atoms with Gasteiger partial charge in [0.25, 0.3) is 0 Å². The molecule has 2 N–H and O–H groups in total. The van der Waals surface area contributed by atoms with E-state index in [9.17, 15) is 9.59 Å². The number of amides is 2. The Labute approximate surface area is 165 Å². The van der Waals surface area contributed by atoms with Gasteiger partial charge in [-0.1, -0.05) is 15.9 Å². The summed E-state index contributed by atoms with van der Waals surface area (Å²) in [6.45, 7) is 0.998. The number of rotatable bonds is 6. The summed E-state index contributed by atoms with van der Waals surface area (Å²) in [6.07, 6.45) is 0.184. The summed E-state index contributed by atoms with van der Waals surface area (Å²) >= 11 is 3.47. The third-order valence-electron chi connectivity index (χ3n) is 3.79. The van der Waals surface area contributed by atoms with E-state index < -0.39 is 0 Å². The molecule has 0 atom stereocenters. The Bertz CT molecular complexity index is 839. The number of hydrogen-bond donors (Lipinski definition) is 2. The van der Waals surface area contributed by atoms with Gasteiger partial charge in [-0.2, -0.15) is 0 Å². The first-order valence-electron chi connectivity index (χ1n) is 8.32. The fourth-order valence-corrected chi connectivity index (χ4v) is 3.05. The molecule has 7 nitrogen and oxygen atoms in total. The van der Waals surface area contributed by atoms with Gasteiger partial charge in [-0.05, 0) is 42.0 Å². The van der Waals surface area contributed by atoms with Gasteiger partial charge in [-0.15, -0.1) is 0 Å². The lowest BCUT2D eigenvalue weighted by Gasteiger charge is -2.19. The van der Waals surface area contributed by atoms with E-state index in [1.807, 2.05) is 12.1 Å². The highest BCUT2D eigenvalue weighted by Gasteiger charge is 2.16. The molecule has 2 aromatic rings. The molecule has 1 heterocycles. The van der Waals surface area contributed by atoms with Crippen LogP contribution >= 0.6 is 15.9 Å². The van der Waals surface area contributed by atoms with Crippen LogP contribution in [0.1, 0.15) is 5.56 Å². The number of fused-ring (bicyclic) bond motifs is 1. The van der Waals surface area contributed by atoms with E-state index in [0.717, 1.165) is 10.0 Å². The van der Waals surface area contributed by atoms with Gasteiger partial charge in [-0.3, -0.25) is 9.59 Å². The Kier molecular flexibility index (Phi) is 6.31. The van der Waals surface area contributed by atoms with Crippen molar-refractivity contribution in [1.82, 2.24) is 0 Å². The van der Waals surface area contributed by atoms with Crippen molar-refractivity contribution in [2.24, 2.45) is 0 Å². The molecule has 0 bridgehead atoms. The molecule has 1 aliphatic rings. The summed E-state index contributed by atoms with van der Waals surface area (Å²) in [4.78, 5) is 23.8. The minimum atomic E-state index is -0.238. The molecule has 0 spiro atoms. The maximum absolute atomic E-state index is 12.4. The first-order valence-corrected chi connectivity index (χ1v) is 9.11. The molecule has 0 saturated heterocycles. The van der Waals surface area contributed by atoms with Gasteiger partial charge < -0.3 is 24.8 Å².